The summed E-state index contributed by atoms with van der Waals surface area (Å²) < 4.78 is 24.2. The maximum atomic E-state index is 11.6. The molecule has 110 valence electrons. The molecule has 0 aliphatic carbocycles. The van der Waals surface area contributed by atoms with Gasteiger partial charge in [0.1, 0.15) is 0 Å². The Morgan fingerprint density at radius 1 is 1.42 bits per heavy atom. The van der Waals surface area contributed by atoms with E-state index in [-0.39, 0.29) is 0 Å². The molecule has 0 radical (unpaired) electrons. The van der Waals surface area contributed by atoms with Gasteiger partial charge in [0, 0.05) is 25.9 Å². The van der Waals surface area contributed by atoms with E-state index in [0.717, 1.165) is 17.9 Å². The summed E-state index contributed by atoms with van der Waals surface area (Å²) in [5.74, 6) is 0. The van der Waals surface area contributed by atoms with E-state index >= 15 is 0 Å². The van der Waals surface area contributed by atoms with Crippen molar-refractivity contribution < 1.29 is 8.42 Å². The zero-order chi connectivity index (χ0) is 14.8. The molecule has 1 rings (SSSR count). The minimum atomic E-state index is -3.10. The Balaban J connectivity index is 2.74. The normalized spacial score (nSPS) is 12.9. The summed E-state index contributed by atoms with van der Waals surface area (Å²) in [6.45, 7) is 8.88. The second-order valence-corrected chi connectivity index (χ2v) is 8.32. The highest BCUT2D eigenvalue weighted by molar-refractivity contribution is 7.92. The first-order valence-electron chi connectivity index (χ1n) is 6.22. The standard InChI is InChI=1S/C12H22ClN3O2S/c1-6-16-10(11(13)9(2)15-16)7-14-8-12(3,4)19(5,17)18/h14H,6-8H2,1-5H3. The number of sulfone groups is 1. The van der Waals surface area contributed by atoms with Crippen molar-refractivity contribution in [3.63, 3.8) is 0 Å². The number of hydrogen-bond donors (Lipinski definition) is 1. The lowest BCUT2D eigenvalue weighted by molar-refractivity contribution is 0.509. The van der Waals surface area contributed by atoms with E-state index in [9.17, 15) is 8.42 Å². The minimum Gasteiger partial charge on any atom is -0.310 e. The van der Waals surface area contributed by atoms with E-state index in [2.05, 4.69) is 10.4 Å². The zero-order valence-electron chi connectivity index (χ0n) is 12.1. The van der Waals surface area contributed by atoms with Crippen LogP contribution in [0.5, 0.6) is 0 Å². The first-order valence-corrected chi connectivity index (χ1v) is 8.49. The van der Waals surface area contributed by atoms with Crippen molar-refractivity contribution in [2.24, 2.45) is 0 Å². The van der Waals surface area contributed by atoms with Crippen LogP contribution in [0, 0.1) is 6.92 Å². The van der Waals surface area contributed by atoms with E-state index < -0.39 is 14.6 Å². The minimum absolute atomic E-state index is 0.371. The average Bonchev–Trinajstić information content (AvgIpc) is 2.55. The summed E-state index contributed by atoms with van der Waals surface area (Å²) in [7, 11) is -3.10. The lowest BCUT2D eigenvalue weighted by Crippen LogP contribution is -2.41. The summed E-state index contributed by atoms with van der Waals surface area (Å²) >= 11 is 6.19. The third-order valence-corrected chi connectivity index (χ3v) is 5.94. The molecule has 0 atom stereocenters. The van der Waals surface area contributed by atoms with Gasteiger partial charge in [-0.2, -0.15) is 5.10 Å². The summed E-state index contributed by atoms with van der Waals surface area (Å²) in [4.78, 5) is 0. The first-order chi connectivity index (χ1) is 8.60. The molecular weight excluding hydrogens is 286 g/mol. The third-order valence-electron chi connectivity index (χ3n) is 3.30. The Kier molecular flexibility index (Phi) is 5.03. The predicted octanol–water partition coefficient (Wildman–Crippen LogP) is 1.78. The van der Waals surface area contributed by atoms with Crippen LogP contribution in [-0.2, 0) is 22.9 Å². The number of rotatable bonds is 6. The second kappa shape index (κ2) is 5.81. The maximum absolute atomic E-state index is 11.6. The Bertz CT molecular complexity index is 550. The molecule has 0 aromatic carbocycles. The molecule has 19 heavy (non-hydrogen) atoms. The molecule has 5 nitrogen and oxygen atoms in total. The van der Waals surface area contributed by atoms with Crippen molar-refractivity contribution in [2.75, 3.05) is 12.8 Å². The highest BCUT2D eigenvalue weighted by atomic mass is 35.5. The fraction of sp³-hybridized carbons (Fsp3) is 0.750. The second-order valence-electron chi connectivity index (χ2n) is 5.30. The van der Waals surface area contributed by atoms with E-state index in [0.29, 0.717) is 18.1 Å². The molecule has 0 bridgehead atoms. The molecule has 1 aromatic heterocycles. The van der Waals surface area contributed by atoms with Crippen molar-refractivity contribution in [2.45, 2.75) is 45.5 Å². The van der Waals surface area contributed by atoms with Gasteiger partial charge in [0.05, 0.1) is 21.2 Å². The SMILES string of the molecule is CCn1nc(C)c(Cl)c1CNCC(C)(C)S(C)(=O)=O. The van der Waals surface area contributed by atoms with Crippen LogP contribution in [0.2, 0.25) is 5.02 Å². The molecule has 0 spiro atoms. The van der Waals surface area contributed by atoms with Crippen LogP contribution in [0.4, 0.5) is 0 Å². The van der Waals surface area contributed by atoms with Crippen molar-refractivity contribution >= 4 is 21.4 Å². The van der Waals surface area contributed by atoms with Gasteiger partial charge in [-0.05, 0) is 27.7 Å². The Morgan fingerprint density at radius 2 is 2.00 bits per heavy atom. The van der Waals surface area contributed by atoms with Crippen LogP contribution in [0.25, 0.3) is 0 Å². The fourth-order valence-corrected chi connectivity index (χ4v) is 2.22. The molecule has 0 aliphatic rings. The van der Waals surface area contributed by atoms with Gasteiger partial charge in [-0.1, -0.05) is 11.6 Å². The van der Waals surface area contributed by atoms with Crippen LogP contribution < -0.4 is 5.32 Å². The molecule has 0 fully saturated rings. The van der Waals surface area contributed by atoms with E-state index in [1.807, 2.05) is 18.5 Å². The molecule has 0 saturated heterocycles. The number of aromatic nitrogens is 2. The molecular formula is C12H22ClN3O2S. The third kappa shape index (κ3) is 3.70. The number of aryl methyl sites for hydroxylation is 2. The first kappa shape index (κ1) is 16.5. The maximum Gasteiger partial charge on any atom is 0.153 e. The molecule has 0 amide bonds. The van der Waals surface area contributed by atoms with Crippen LogP contribution in [0.15, 0.2) is 0 Å². The highest BCUT2D eigenvalue weighted by Crippen LogP contribution is 2.20. The fourth-order valence-electron chi connectivity index (χ4n) is 1.65. The lowest BCUT2D eigenvalue weighted by atomic mass is 10.2. The van der Waals surface area contributed by atoms with Crippen molar-refractivity contribution in [3.8, 4) is 0 Å². The van der Waals surface area contributed by atoms with Gasteiger partial charge >= 0.3 is 0 Å². The van der Waals surface area contributed by atoms with Gasteiger partial charge in [0.25, 0.3) is 0 Å². The molecule has 0 aliphatic heterocycles. The number of halogens is 1. The predicted molar refractivity (Wildman–Crippen MR) is 78.3 cm³/mol. The van der Waals surface area contributed by atoms with Gasteiger partial charge in [-0.15, -0.1) is 0 Å². The van der Waals surface area contributed by atoms with Gasteiger partial charge < -0.3 is 5.32 Å². The topological polar surface area (TPSA) is 64.0 Å². The van der Waals surface area contributed by atoms with Crippen molar-refractivity contribution in [3.05, 3.63) is 16.4 Å². The van der Waals surface area contributed by atoms with Crippen molar-refractivity contribution in [1.82, 2.24) is 15.1 Å². The number of nitrogens with zero attached hydrogens (tertiary/aromatic N) is 2. The van der Waals surface area contributed by atoms with E-state index in [1.54, 1.807) is 13.8 Å². The van der Waals surface area contributed by atoms with Crippen LogP contribution in [0.3, 0.4) is 0 Å². The highest BCUT2D eigenvalue weighted by Gasteiger charge is 2.29. The number of nitrogens with one attached hydrogen (secondary N) is 1. The zero-order valence-corrected chi connectivity index (χ0v) is 13.7. The largest absolute Gasteiger partial charge is 0.310 e. The molecule has 0 saturated carbocycles. The molecule has 1 heterocycles. The van der Waals surface area contributed by atoms with Crippen LogP contribution >= 0.6 is 11.6 Å². The number of hydrogen-bond acceptors (Lipinski definition) is 4. The van der Waals surface area contributed by atoms with E-state index in [4.69, 9.17) is 11.6 Å². The Labute approximate surface area is 120 Å². The van der Waals surface area contributed by atoms with Crippen LogP contribution in [0.1, 0.15) is 32.2 Å². The molecule has 0 unspecified atom stereocenters. The molecule has 1 N–H and O–H groups in total. The lowest BCUT2D eigenvalue weighted by Gasteiger charge is -2.23. The molecule has 7 heteroatoms. The van der Waals surface area contributed by atoms with Gasteiger partial charge in [0.2, 0.25) is 0 Å². The Hall–Kier alpha value is -0.590. The monoisotopic (exact) mass is 307 g/mol. The van der Waals surface area contributed by atoms with E-state index in [1.165, 1.54) is 6.26 Å². The molecule has 1 aromatic rings. The summed E-state index contributed by atoms with van der Waals surface area (Å²) in [6.07, 6.45) is 1.25. The summed E-state index contributed by atoms with van der Waals surface area (Å²) in [5.41, 5.74) is 1.69. The Morgan fingerprint density at radius 3 is 2.47 bits per heavy atom. The van der Waals surface area contributed by atoms with Gasteiger partial charge in [-0.3, -0.25) is 4.68 Å². The quantitative estimate of drug-likeness (QED) is 0.870. The van der Waals surface area contributed by atoms with Crippen LogP contribution in [-0.4, -0.2) is 35.7 Å². The summed E-state index contributed by atoms with van der Waals surface area (Å²) in [5, 5.41) is 8.12. The summed E-state index contributed by atoms with van der Waals surface area (Å²) in [6, 6.07) is 0. The van der Waals surface area contributed by atoms with Crippen molar-refractivity contribution in [1.29, 1.82) is 0 Å². The smallest absolute Gasteiger partial charge is 0.153 e. The van der Waals surface area contributed by atoms with Gasteiger partial charge in [-0.25, -0.2) is 8.42 Å². The average molecular weight is 308 g/mol. The van der Waals surface area contributed by atoms with Gasteiger partial charge in [0.15, 0.2) is 9.84 Å².